The summed E-state index contributed by atoms with van der Waals surface area (Å²) in [7, 11) is 0. The highest BCUT2D eigenvalue weighted by Gasteiger charge is 2.11. The van der Waals surface area contributed by atoms with E-state index in [-0.39, 0.29) is 5.82 Å². The smallest absolute Gasteiger partial charge is 0.281 e. The van der Waals surface area contributed by atoms with Crippen LogP contribution in [0.2, 0.25) is 5.02 Å². The molecular weight excluding hydrogens is 335 g/mol. The molecule has 0 aliphatic heterocycles. The van der Waals surface area contributed by atoms with Crippen molar-refractivity contribution in [1.29, 1.82) is 0 Å². The number of aromatic nitrogens is 1. The molecule has 0 saturated heterocycles. The van der Waals surface area contributed by atoms with Gasteiger partial charge in [0.1, 0.15) is 5.82 Å². The van der Waals surface area contributed by atoms with Gasteiger partial charge in [-0.15, -0.1) is 0 Å². The molecule has 0 bridgehead atoms. The summed E-state index contributed by atoms with van der Waals surface area (Å²) in [6.07, 6.45) is 0.886. The number of amides is 1. The number of halogens is 2. The molecule has 0 spiro atoms. The molecular formula is C17H14ClFN2OS. The van der Waals surface area contributed by atoms with E-state index in [1.54, 1.807) is 30.3 Å². The van der Waals surface area contributed by atoms with Crippen molar-refractivity contribution in [2.24, 2.45) is 4.99 Å². The Morgan fingerprint density at radius 2 is 2.09 bits per heavy atom. The molecule has 0 aliphatic carbocycles. The van der Waals surface area contributed by atoms with Crippen molar-refractivity contribution in [1.82, 2.24) is 4.57 Å². The van der Waals surface area contributed by atoms with Crippen LogP contribution in [0.25, 0.3) is 10.2 Å². The van der Waals surface area contributed by atoms with Crippen LogP contribution >= 0.6 is 22.9 Å². The largest absolute Gasteiger partial charge is 0.316 e. The molecule has 3 nitrogen and oxygen atoms in total. The number of aryl methyl sites for hydroxylation is 1. The topological polar surface area (TPSA) is 34.4 Å². The van der Waals surface area contributed by atoms with Crippen LogP contribution in [0.15, 0.2) is 47.5 Å². The van der Waals surface area contributed by atoms with Crippen molar-refractivity contribution >= 4 is 39.1 Å². The van der Waals surface area contributed by atoms with E-state index in [0.29, 0.717) is 21.9 Å². The van der Waals surface area contributed by atoms with Crippen LogP contribution in [0.4, 0.5) is 4.39 Å². The van der Waals surface area contributed by atoms with Crippen LogP contribution in [0, 0.1) is 5.82 Å². The molecule has 1 amide bonds. The lowest BCUT2D eigenvalue weighted by molar-refractivity contribution is 0.0998. The predicted molar refractivity (Wildman–Crippen MR) is 91.4 cm³/mol. The van der Waals surface area contributed by atoms with E-state index < -0.39 is 5.91 Å². The van der Waals surface area contributed by atoms with Crippen molar-refractivity contribution in [2.45, 2.75) is 19.9 Å². The molecule has 1 heterocycles. The Labute approximate surface area is 141 Å². The number of hydrogen-bond donors (Lipinski definition) is 0. The molecule has 23 heavy (non-hydrogen) atoms. The second-order valence-electron chi connectivity index (χ2n) is 5.05. The first-order valence-corrected chi connectivity index (χ1v) is 8.42. The highest BCUT2D eigenvalue weighted by atomic mass is 35.5. The second-order valence-corrected chi connectivity index (χ2v) is 6.46. The standard InChI is InChI=1S/C17H14ClFN2OS/c1-2-9-21-14-8-7-11(19)10-15(14)23-17(21)20-16(22)12-5-3-4-6-13(12)18/h3-8,10H,2,9H2,1H3. The SMILES string of the molecule is CCCn1c(=NC(=O)c2ccccc2Cl)sc2cc(F)ccc21. The molecule has 1 aromatic heterocycles. The molecule has 0 saturated carbocycles. The van der Waals surface area contributed by atoms with E-state index in [9.17, 15) is 9.18 Å². The van der Waals surface area contributed by atoms with Gasteiger partial charge in [0.15, 0.2) is 4.80 Å². The molecule has 118 valence electrons. The average molecular weight is 349 g/mol. The molecule has 3 rings (SSSR count). The van der Waals surface area contributed by atoms with Crippen molar-refractivity contribution in [2.75, 3.05) is 0 Å². The van der Waals surface area contributed by atoms with E-state index in [1.807, 2.05) is 11.5 Å². The number of fused-ring (bicyclic) bond motifs is 1. The van der Waals surface area contributed by atoms with Crippen molar-refractivity contribution in [3.05, 3.63) is 63.7 Å². The quantitative estimate of drug-likeness (QED) is 0.678. The average Bonchev–Trinajstić information content (AvgIpc) is 2.84. The van der Waals surface area contributed by atoms with Gasteiger partial charge >= 0.3 is 0 Å². The molecule has 0 unspecified atom stereocenters. The maximum absolute atomic E-state index is 13.4. The molecule has 2 aromatic carbocycles. The minimum Gasteiger partial charge on any atom is -0.316 e. The van der Waals surface area contributed by atoms with E-state index >= 15 is 0 Å². The van der Waals surface area contributed by atoms with E-state index in [2.05, 4.69) is 4.99 Å². The number of hydrogen-bond acceptors (Lipinski definition) is 2. The first-order valence-electron chi connectivity index (χ1n) is 7.22. The van der Waals surface area contributed by atoms with Crippen LogP contribution < -0.4 is 4.80 Å². The van der Waals surface area contributed by atoms with E-state index in [0.717, 1.165) is 16.6 Å². The Kier molecular flexibility index (Phi) is 4.59. The van der Waals surface area contributed by atoms with Gasteiger partial charge in [0, 0.05) is 6.54 Å². The first-order chi connectivity index (χ1) is 11.1. The van der Waals surface area contributed by atoms with Gasteiger partial charge in [-0.2, -0.15) is 4.99 Å². The lowest BCUT2D eigenvalue weighted by Gasteiger charge is -2.02. The summed E-state index contributed by atoms with van der Waals surface area (Å²) in [5.74, 6) is -0.696. The third-order valence-corrected chi connectivity index (χ3v) is 4.76. The van der Waals surface area contributed by atoms with Gasteiger partial charge in [-0.3, -0.25) is 4.79 Å². The van der Waals surface area contributed by atoms with Crippen molar-refractivity contribution in [3.63, 3.8) is 0 Å². The van der Waals surface area contributed by atoms with Crippen LogP contribution in [0.3, 0.4) is 0 Å². The predicted octanol–water partition coefficient (Wildman–Crippen LogP) is 4.65. The molecule has 0 N–H and O–H groups in total. The van der Waals surface area contributed by atoms with Gasteiger partial charge in [-0.05, 0) is 36.8 Å². The minimum absolute atomic E-state index is 0.300. The highest BCUT2D eigenvalue weighted by Crippen LogP contribution is 2.20. The number of carbonyl (C=O) groups is 1. The molecule has 0 fully saturated rings. The van der Waals surface area contributed by atoms with Crippen LogP contribution in [0.1, 0.15) is 23.7 Å². The summed E-state index contributed by atoms with van der Waals surface area (Å²) >= 11 is 7.35. The zero-order chi connectivity index (χ0) is 16.4. The monoisotopic (exact) mass is 348 g/mol. The Balaban J connectivity index is 2.16. The van der Waals surface area contributed by atoms with E-state index in [4.69, 9.17) is 11.6 Å². The highest BCUT2D eigenvalue weighted by molar-refractivity contribution is 7.16. The normalized spacial score (nSPS) is 12.0. The molecule has 6 heteroatoms. The van der Waals surface area contributed by atoms with Gasteiger partial charge in [0.05, 0.1) is 20.8 Å². The summed E-state index contributed by atoms with van der Waals surface area (Å²) in [6.45, 7) is 2.75. The van der Waals surface area contributed by atoms with Crippen molar-refractivity contribution < 1.29 is 9.18 Å². The second kappa shape index (κ2) is 6.64. The number of carbonyl (C=O) groups excluding carboxylic acids is 1. The van der Waals surface area contributed by atoms with Crippen LogP contribution in [-0.2, 0) is 6.54 Å². The molecule has 0 atom stereocenters. The molecule has 0 aliphatic rings. The number of nitrogens with zero attached hydrogens (tertiary/aromatic N) is 2. The summed E-state index contributed by atoms with van der Waals surface area (Å²) in [6, 6.07) is 11.4. The van der Waals surface area contributed by atoms with Gasteiger partial charge in [0.2, 0.25) is 0 Å². The minimum atomic E-state index is -0.396. The Bertz CT molecular complexity index is 945. The van der Waals surface area contributed by atoms with E-state index in [1.165, 1.54) is 23.5 Å². The maximum Gasteiger partial charge on any atom is 0.281 e. The lowest BCUT2D eigenvalue weighted by atomic mass is 10.2. The van der Waals surface area contributed by atoms with Crippen LogP contribution in [-0.4, -0.2) is 10.5 Å². The summed E-state index contributed by atoms with van der Waals surface area (Å²) in [5.41, 5.74) is 1.24. The summed E-state index contributed by atoms with van der Waals surface area (Å²) in [4.78, 5) is 17.2. The van der Waals surface area contributed by atoms with Crippen LogP contribution in [0.5, 0.6) is 0 Å². The molecule has 3 aromatic rings. The first kappa shape index (κ1) is 15.9. The Hall–Kier alpha value is -1.98. The molecule has 0 radical (unpaired) electrons. The van der Waals surface area contributed by atoms with Gasteiger partial charge in [-0.25, -0.2) is 4.39 Å². The zero-order valence-electron chi connectivity index (χ0n) is 12.4. The fourth-order valence-corrected chi connectivity index (χ4v) is 3.65. The van der Waals surface area contributed by atoms with Gasteiger partial charge in [-0.1, -0.05) is 42.0 Å². The fraction of sp³-hybridized carbons (Fsp3) is 0.176. The summed E-state index contributed by atoms with van der Waals surface area (Å²) < 4.78 is 16.1. The summed E-state index contributed by atoms with van der Waals surface area (Å²) in [5, 5.41) is 0.371. The van der Waals surface area contributed by atoms with Gasteiger partial charge < -0.3 is 4.57 Å². The third-order valence-electron chi connectivity index (χ3n) is 3.39. The zero-order valence-corrected chi connectivity index (χ0v) is 14.0. The number of rotatable bonds is 3. The fourth-order valence-electron chi connectivity index (χ4n) is 2.35. The Morgan fingerprint density at radius 1 is 1.30 bits per heavy atom. The Morgan fingerprint density at radius 3 is 2.83 bits per heavy atom. The number of benzene rings is 2. The number of thiazole rings is 1. The van der Waals surface area contributed by atoms with Gasteiger partial charge in [0.25, 0.3) is 5.91 Å². The van der Waals surface area contributed by atoms with Crippen molar-refractivity contribution in [3.8, 4) is 0 Å². The third kappa shape index (κ3) is 3.21. The lowest BCUT2D eigenvalue weighted by Crippen LogP contribution is -2.17. The maximum atomic E-state index is 13.4.